The normalized spacial score (nSPS) is 10.7. The molecule has 0 spiro atoms. The number of carbonyl (C=O) groups is 2. The Bertz CT molecular complexity index is 749. The van der Waals surface area contributed by atoms with Gasteiger partial charge in [0.25, 0.3) is 5.91 Å². The minimum Gasteiger partial charge on any atom is -0.497 e. The third-order valence-corrected chi connectivity index (χ3v) is 3.12. The highest BCUT2D eigenvalue weighted by Gasteiger charge is 2.16. The lowest BCUT2D eigenvalue weighted by Gasteiger charge is -2.19. The minimum atomic E-state index is -0.561. The number of nitrogens with one attached hydrogen (secondary N) is 2. The van der Waals surface area contributed by atoms with Crippen LogP contribution in [0.1, 0.15) is 31.1 Å². The maximum atomic E-state index is 12.2. The van der Waals surface area contributed by atoms with E-state index in [4.69, 9.17) is 9.47 Å². The molecular formula is C19H22N2O4. The summed E-state index contributed by atoms with van der Waals surface area (Å²) in [5, 5.41) is 5.43. The number of hydrogen-bond donors (Lipinski definition) is 2. The van der Waals surface area contributed by atoms with Crippen molar-refractivity contribution in [3.8, 4) is 5.75 Å². The van der Waals surface area contributed by atoms with E-state index in [1.807, 2.05) is 0 Å². The van der Waals surface area contributed by atoms with Crippen LogP contribution in [-0.2, 0) is 4.74 Å². The van der Waals surface area contributed by atoms with E-state index in [1.165, 1.54) is 0 Å². The van der Waals surface area contributed by atoms with Gasteiger partial charge in [-0.1, -0.05) is 6.07 Å². The van der Waals surface area contributed by atoms with Crippen molar-refractivity contribution < 1.29 is 19.1 Å². The predicted molar refractivity (Wildman–Crippen MR) is 97.2 cm³/mol. The highest BCUT2D eigenvalue weighted by atomic mass is 16.6. The third-order valence-electron chi connectivity index (χ3n) is 3.12. The Hall–Kier alpha value is -3.02. The summed E-state index contributed by atoms with van der Waals surface area (Å²) in [6.07, 6.45) is -0.527. The molecule has 2 rings (SSSR count). The molecule has 2 aromatic carbocycles. The lowest BCUT2D eigenvalue weighted by Crippen LogP contribution is -2.27. The quantitative estimate of drug-likeness (QED) is 0.869. The first-order valence-corrected chi connectivity index (χ1v) is 7.82. The van der Waals surface area contributed by atoms with Gasteiger partial charge >= 0.3 is 6.09 Å². The topological polar surface area (TPSA) is 76.7 Å². The van der Waals surface area contributed by atoms with Gasteiger partial charge in [-0.15, -0.1) is 0 Å². The zero-order chi connectivity index (χ0) is 18.4. The molecule has 6 heteroatoms. The largest absolute Gasteiger partial charge is 0.497 e. The highest BCUT2D eigenvalue weighted by molar-refractivity contribution is 6.04. The average molecular weight is 342 g/mol. The van der Waals surface area contributed by atoms with Gasteiger partial charge in [-0.2, -0.15) is 0 Å². The second kappa shape index (κ2) is 7.70. The van der Waals surface area contributed by atoms with E-state index >= 15 is 0 Å². The van der Waals surface area contributed by atoms with Gasteiger partial charge in [0, 0.05) is 16.9 Å². The Morgan fingerprint density at radius 3 is 2.08 bits per heavy atom. The molecule has 6 nitrogen and oxygen atoms in total. The van der Waals surface area contributed by atoms with Gasteiger partial charge in [-0.3, -0.25) is 10.1 Å². The standard InChI is InChI=1S/C19H22N2O4/c1-19(2,3)25-18(23)21-15-10-8-14(9-11-15)20-17(22)13-6-5-7-16(12-13)24-4/h5-12H,1-4H3,(H,20,22)(H,21,23). The number of amides is 2. The summed E-state index contributed by atoms with van der Waals surface area (Å²) in [6.45, 7) is 5.39. The number of rotatable bonds is 4. The fourth-order valence-corrected chi connectivity index (χ4v) is 2.03. The maximum absolute atomic E-state index is 12.2. The molecule has 0 aromatic heterocycles. The maximum Gasteiger partial charge on any atom is 0.412 e. The molecule has 2 amide bonds. The van der Waals surface area contributed by atoms with Gasteiger partial charge < -0.3 is 14.8 Å². The molecule has 0 atom stereocenters. The van der Waals surface area contributed by atoms with Crippen molar-refractivity contribution in [3.05, 3.63) is 54.1 Å². The monoisotopic (exact) mass is 342 g/mol. The summed E-state index contributed by atoms with van der Waals surface area (Å²) in [4.78, 5) is 24.0. The number of carbonyl (C=O) groups excluding carboxylic acids is 2. The first-order valence-electron chi connectivity index (χ1n) is 7.82. The van der Waals surface area contributed by atoms with Crippen LogP contribution >= 0.6 is 0 Å². The van der Waals surface area contributed by atoms with Crippen LogP contribution in [0.15, 0.2) is 48.5 Å². The summed E-state index contributed by atoms with van der Waals surface area (Å²) in [7, 11) is 1.55. The van der Waals surface area contributed by atoms with Crippen molar-refractivity contribution in [3.63, 3.8) is 0 Å². The smallest absolute Gasteiger partial charge is 0.412 e. The molecule has 0 saturated heterocycles. The molecule has 0 unspecified atom stereocenters. The summed E-state index contributed by atoms with van der Waals surface area (Å²) >= 11 is 0. The van der Waals surface area contributed by atoms with Crippen LogP contribution in [0.2, 0.25) is 0 Å². The number of benzene rings is 2. The second-order valence-electron chi connectivity index (χ2n) is 6.39. The summed E-state index contributed by atoms with van der Waals surface area (Å²) in [6, 6.07) is 13.7. The summed E-state index contributed by atoms with van der Waals surface area (Å²) < 4.78 is 10.3. The van der Waals surface area contributed by atoms with Crippen LogP contribution in [0.5, 0.6) is 5.75 Å². The van der Waals surface area contributed by atoms with Gasteiger partial charge in [-0.25, -0.2) is 4.79 Å². The van der Waals surface area contributed by atoms with E-state index < -0.39 is 11.7 Å². The lowest BCUT2D eigenvalue weighted by molar-refractivity contribution is 0.0635. The van der Waals surface area contributed by atoms with E-state index in [0.717, 1.165) is 0 Å². The van der Waals surface area contributed by atoms with Crippen LogP contribution in [0.4, 0.5) is 16.2 Å². The minimum absolute atomic E-state index is 0.244. The van der Waals surface area contributed by atoms with Crippen molar-refractivity contribution in [2.24, 2.45) is 0 Å². The van der Waals surface area contributed by atoms with Crippen LogP contribution < -0.4 is 15.4 Å². The van der Waals surface area contributed by atoms with Crippen molar-refractivity contribution in [2.45, 2.75) is 26.4 Å². The Morgan fingerprint density at radius 1 is 0.920 bits per heavy atom. The third kappa shape index (κ3) is 5.84. The van der Waals surface area contributed by atoms with Crippen LogP contribution in [-0.4, -0.2) is 24.7 Å². The van der Waals surface area contributed by atoms with Crippen molar-refractivity contribution >= 4 is 23.4 Å². The number of anilines is 2. The molecule has 0 aliphatic rings. The molecule has 0 heterocycles. The zero-order valence-electron chi connectivity index (χ0n) is 14.8. The SMILES string of the molecule is COc1cccc(C(=O)Nc2ccc(NC(=O)OC(C)(C)C)cc2)c1. The summed E-state index contributed by atoms with van der Waals surface area (Å²) in [5.41, 5.74) is 1.13. The Labute approximate surface area is 147 Å². The molecule has 2 aromatic rings. The van der Waals surface area contributed by atoms with Crippen LogP contribution in [0.3, 0.4) is 0 Å². The highest BCUT2D eigenvalue weighted by Crippen LogP contribution is 2.18. The summed E-state index contributed by atoms with van der Waals surface area (Å²) in [5.74, 6) is 0.372. The fraction of sp³-hybridized carbons (Fsp3) is 0.263. The zero-order valence-corrected chi connectivity index (χ0v) is 14.8. The number of hydrogen-bond acceptors (Lipinski definition) is 4. The van der Waals surface area contributed by atoms with Crippen molar-refractivity contribution in [1.29, 1.82) is 0 Å². The van der Waals surface area contributed by atoms with E-state index in [-0.39, 0.29) is 5.91 Å². The van der Waals surface area contributed by atoms with Crippen molar-refractivity contribution in [1.82, 2.24) is 0 Å². The first kappa shape index (κ1) is 18.3. The number of ether oxygens (including phenoxy) is 2. The van der Waals surface area contributed by atoms with Gasteiger partial charge in [-0.05, 0) is 63.2 Å². The molecule has 0 fully saturated rings. The fourth-order valence-electron chi connectivity index (χ4n) is 2.03. The molecule has 0 aliphatic heterocycles. The Balaban J connectivity index is 1.98. The second-order valence-corrected chi connectivity index (χ2v) is 6.39. The van der Waals surface area contributed by atoms with Crippen molar-refractivity contribution in [2.75, 3.05) is 17.7 Å². The first-order chi connectivity index (χ1) is 11.8. The van der Waals surface area contributed by atoms with Gasteiger partial charge in [0.2, 0.25) is 0 Å². The molecule has 0 bridgehead atoms. The molecule has 0 radical (unpaired) electrons. The molecular weight excluding hydrogens is 320 g/mol. The Morgan fingerprint density at radius 2 is 1.52 bits per heavy atom. The van der Waals surface area contributed by atoms with Crippen LogP contribution in [0, 0.1) is 0 Å². The molecule has 0 saturated carbocycles. The number of methoxy groups -OCH3 is 1. The van der Waals surface area contributed by atoms with Gasteiger partial charge in [0.05, 0.1) is 7.11 Å². The lowest BCUT2D eigenvalue weighted by atomic mass is 10.2. The molecule has 132 valence electrons. The van der Waals surface area contributed by atoms with E-state index in [0.29, 0.717) is 22.7 Å². The van der Waals surface area contributed by atoms with E-state index in [2.05, 4.69) is 10.6 Å². The molecule has 2 N–H and O–H groups in total. The van der Waals surface area contributed by atoms with E-state index in [9.17, 15) is 9.59 Å². The van der Waals surface area contributed by atoms with Gasteiger partial charge in [0.1, 0.15) is 11.4 Å². The van der Waals surface area contributed by atoms with E-state index in [1.54, 1.807) is 76.4 Å². The predicted octanol–water partition coefficient (Wildman–Crippen LogP) is 4.29. The Kier molecular flexibility index (Phi) is 5.64. The molecule has 0 aliphatic carbocycles. The average Bonchev–Trinajstić information content (AvgIpc) is 2.55. The molecule has 25 heavy (non-hydrogen) atoms. The van der Waals surface area contributed by atoms with Gasteiger partial charge in [0.15, 0.2) is 0 Å². The van der Waals surface area contributed by atoms with Crippen LogP contribution in [0.25, 0.3) is 0 Å².